The lowest BCUT2D eigenvalue weighted by molar-refractivity contribution is -0.153. The number of hydrogen-bond acceptors (Lipinski definition) is 5. The van der Waals surface area contributed by atoms with Crippen molar-refractivity contribution >= 4 is 20.1 Å². The van der Waals surface area contributed by atoms with Crippen LogP contribution >= 0.6 is 0 Å². The van der Waals surface area contributed by atoms with Crippen molar-refractivity contribution in [2.24, 2.45) is 5.92 Å². The standard InChI is InChI=1S/C16H25NO4Si/c1-6-20-16(19)14(12(2)18)15(17-21-22(3,4)5)13-10-8-7-9-11-13/h7-11,14-15,17H,6H2,1-5H3. The SMILES string of the molecule is CCOC(=O)C(C(C)=O)C(NO[Si](C)(C)C)c1ccccc1. The van der Waals surface area contributed by atoms with Crippen LogP contribution in [-0.2, 0) is 18.9 Å². The van der Waals surface area contributed by atoms with E-state index in [9.17, 15) is 9.59 Å². The largest absolute Gasteiger partial charge is 0.465 e. The number of carbonyl (C=O) groups is 2. The summed E-state index contributed by atoms with van der Waals surface area (Å²) in [4.78, 5) is 24.2. The van der Waals surface area contributed by atoms with Crippen LogP contribution in [0.15, 0.2) is 30.3 Å². The molecule has 0 amide bonds. The van der Waals surface area contributed by atoms with E-state index >= 15 is 0 Å². The second-order valence-electron chi connectivity index (χ2n) is 6.06. The first kappa shape index (κ1) is 18.5. The first-order valence-corrected chi connectivity index (χ1v) is 10.8. The van der Waals surface area contributed by atoms with Gasteiger partial charge in [-0.05, 0) is 39.1 Å². The molecule has 0 spiro atoms. The number of nitrogens with one attached hydrogen (secondary N) is 1. The molecule has 1 aromatic carbocycles. The zero-order valence-corrected chi connectivity index (χ0v) is 14.9. The number of carbonyl (C=O) groups excluding carboxylic acids is 2. The minimum atomic E-state index is -1.86. The van der Waals surface area contributed by atoms with Gasteiger partial charge in [0.2, 0.25) is 8.32 Å². The molecule has 2 unspecified atom stereocenters. The summed E-state index contributed by atoms with van der Waals surface area (Å²) >= 11 is 0. The molecule has 0 aromatic heterocycles. The van der Waals surface area contributed by atoms with E-state index in [4.69, 9.17) is 9.26 Å². The molecule has 0 aliphatic heterocycles. The lowest BCUT2D eigenvalue weighted by Gasteiger charge is -2.28. The quantitative estimate of drug-likeness (QED) is 0.345. The van der Waals surface area contributed by atoms with E-state index in [0.29, 0.717) is 0 Å². The highest BCUT2D eigenvalue weighted by Crippen LogP contribution is 2.25. The van der Waals surface area contributed by atoms with Crippen molar-refractivity contribution in [1.29, 1.82) is 0 Å². The molecular formula is C16H25NO4Si. The number of ketones is 1. The fourth-order valence-electron chi connectivity index (χ4n) is 2.00. The van der Waals surface area contributed by atoms with Gasteiger partial charge < -0.3 is 9.26 Å². The zero-order valence-electron chi connectivity index (χ0n) is 13.9. The lowest BCUT2D eigenvalue weighted by atomic mass is 9.90. The van der Waals surface area contributed by atoms with Gasteiger partial charge in [0, 0.05) is 0 Å². The van der Waals surface area contributed by atoms with Crippen molar-refractivity contribution in [3.05, 3.63) is 35.9 Å². The van der Waals surface area contributed by atoms with Gasteiger partial charge in [0.25, 0.3) is 0 Å². The second-order valence-corrected chi connectivity index (χ2v) is 10.5. The molecule has 0 saturated carbocycles. The van der Waals surface area contributed by atoms with Crippen LogP contribution in [0.4, 0.5) is 0 Å². The van der Waals surface area contributed by atoms with Gasteiger partial charge in [-0.3, -0.25) is 9.59 Å². The Morgan fingerprint density at radius 2 is 1.77 bits per heavy atom. The summed E-state index contributed by atoms with van der Waals surface area (Å²) in [7, 11) is -1.86. The van der Waals surface area contributed by atoms with E-state index in [-0.39, 0.29) is 12.4 Å². The molecule has 0 fully saturated rings. The van der Waals surface area contributed by atoms with Crippen LogP contribution in [0.5, 0.6) is 0 Å². The first-order chi connectivity index (χ1) is 10.3. The summed E-state index contributed by atoms with van der Waals surface area (Å²) in [5.41, 5.74) is 3.75. The first-order valence-electron chi connectivity index (χ1n) is 7.42. The molecule has 22 heavy (non-hydrogen) atoms. The highest BCUT2D eigenvalue weighted by molar-refractivity contribution is 6.69. The van der Waals surface area contributed by atoms with Crippen LogP contribution in [0.3, 0.4) is 0 Å². The average molecular weight is 323 g/mol. The van der Waals surface area contributed by atoms with Crippen LogP contribution in [0, 0.1) is 5.92 Å². The monoisotopic (exact) mass is 323 g/mol. The van der Waals surface area contributed by atoms with Crippen molar-refractivity contribution < 1.29 is 18.9 Å². The third-order valence-corrected chi connectivity index (χ3v) is 3.69. The van der Waals surface area contributed by atoms with Gasteiger partial charge in [-0.15, -0.1) is 0 Å². The van der Waals surface area contributed by atoms with Gasteiger partial charge in [-0.25, -0.2) is 5.48 Å². The fourth-order valence-corrected chi connectivity index (χ4v) is 2.48. The number of benzene rings is 1. The van der Waals surface area contributed by atoms with Crippen molar-refractivity contribution in [3.8, 4) is 0 Å². The van der Waals surface area contributed by atoms with E-state index in [1.54, 1.807) is 6.92 Å². The van der Waals surface area contributed by atoms with E-state index in [1.165, 1.54) is 6.92 Å². The summed E-state index contributed by atoms with van der Waals surface area (Å²) in [6.07, 6.45) is 0. The van der Waals surface area contributed by atoms with Gasteiger partial charge in [0.05, 0.1) is 12.6 Å². The third kappa shape index (κ3) is 5.71. The molecule has 6 heteroatoms. The molecule has 1 N–H and O–H groups in total. The highest BCUT2D eigenvalue weighted by Gasteiger charge is 2.36. The highest BCUT2D eigenvalue weighted by atomic mass is 28.4. The van der Waals surface area contributed by atoms with Crippen LogP contribution in [0.2, 0.25) is 19.6 Å². The van der Waals surface area contributed by atoms with E-state index in [1.807, 2.05) is 50.0 Å². The lowest BCUT2D eigenvalue weighted by Crippen LogP contribution is -2.42. The topological polar surface area (TPSA) is 64.6 Å². The van der Waals surface area contributed by atoms with Gasteiger partial charge in [-0.2, -0.15) is 0 Å². The number of ether oxygens (including phenoxy) is 1. The molecule has 0 saturated heterocycles. The molecule has 122 valence electrons. The van der Waals surface area contributed by atoms with Crippen LogP contribution < -0.4 is 5.48 Å². The molecule has 1 rings (SSSR count). The summed E-state index contributed by atoms with van der Waals surface area (Å²) in [6, 6.07) is 8.76. The Kier molecular flexibility index (Phi) is 6.92. The smallest absolute Gasteiger partial charge is 0.318 e. The minimum Gasteiger partial charge on any atom is -0.465 e. The molecule has 5 nitrogen and oxygen atoms in total. The van der Waals surface area contributed by atoms with Crippen LogP contribution in [-0.4, -0.2) is 26.7 Å². The summed E-state index contributed by atoms with van der Waals surface area (Å²) in [6.45, 7) is 9.42. The Morgan fingerprint density at radius 3 is 2.23 bits per heavy atom. The Morgan fingerprint density at radius 1 is 1.18 bits per heavy atom. The van der Waals surface area contributed by atoms with Gasteiger partial charge in [0.15, 0.2) is 0 Å². The van der Waals surface area contributed by atoms with Crippen molar-refractivity contribution in [1.82, 2.24) is 5.48 Å². The van der Waals surface area contributed by atoms with Crippen LogP contribution in [0.25, 0.3) is 0 Å². The Bertz CT molecular complexity index is 499. The number of hydroxylamine groups is 1. The van der Waals surface area contributed by atoms with E-state index in [2.05, 4.69) is 5.48 Å². The fraction of sp³-hybridized carbons (Fsp3) is 0.500. The molecule has 2 atom stereocenters. The minimum absolute atomic E-state index is 0.235. The van der Waals surface area contributed by atoms with E-state index in [0.717, 1.165) is 5.56 Å². The molecule has 1 aromatic rings. The normalized spacial score (nSPS) is 14.2. The molecule has 0 aliphatic carbocycles. The Hall–Kier alpha value is -1.50. The molecule has 0 aliphatic rings. The van der Waals surface area contributed by atoms with Gasteiger partial charge in [-0.1, -0.05) is 30.3 Å². The molecule has 0 heterocycles. The molecule has 0 bridgehead atoms. The summed E-state index contributed by atoms with van der Waals surface area (Å²) in [5, 5.41) is 0. The zero-order chi connectivity index (χ0) is 16.8. The van der Waals surface area contributed by atoms with Crippen molar-refractivity contribution in [2.75, 3.05) is 6.61 Å². The van der Waals surface area contributed by atoms with E-state index < -0.39 is 26.2 Å². The number of rotatable bonds is 8. The number of esters is 1. The Balaban J connectivity index is 3.10. The maximum Gasteiger partial charge on any atom is 0.318 e. The third-order valence-electron chi connectivity index (χ3n) is 2.96. The number of hydrogen-bond donors (Lipinski definition) is 1. The average Bonchev–Trinajstić information content (AvgIpc) is 2.43. The van der Waals surface area contributed by atoms with Crippen LogP contribution in [0.1, 0.15) is 25.5 Å². The van der Waals surface area contributed by atoms with Gasteiger partial charge in [0.1, 0.15) is 11.7 Å². The maximum atomic E-state index is 12.2. The summed E-state index contributed by atoms with van der Waals surface area (Å²) in [5.74, 6) is -1.71. The summed E-state index contributed by atoms with van der Waals surface area (Å²) < 4.78 is 10.8. The van der Waals surface area contributed by atoms with Gasteiger partial charge >= 0.3 is 5.97 Å². The van der Waals surface area contributed by atoms with Crippen molar-refractivity contribution in [2.45, 2.75) is 39.5 Å². The molecule has 0 radical (unpaired) electrons. The Labute approximate surface area is 133 Å². The second kappa shape index (κ2) is 8.21. The van der Waals surface area contributed by atoms with Crippen molar-refractivity contribution in [3.63, 3.8) is 0 Å². The number of Topliss-reactive ketones (excluding diaryl/α,β-unsaturated/α-hetero) is 1. The predicted molar refractivity (Wildman–Crippen MR) is 87.6 cm³/mol. The molecular weight excluding hydrogens is 298 g/mol. The maximum absolute atomic E-state index is 12.2. The predicted octanol–water partition coefficient (Wildman–Crippen LogP) is 2.85.